The van der Waals surface area contributed by atoms with Crippen LogP contribution < -0.4 is 5.32 Å². The number of hydrogen-bond acceptors (Lipinski definition) is 5. The highest BCUT2D eigenvalue weighted by molar-refractivity contribution is 5.79. The number of fused-ring (bicyclic) bond motifs is 3. The van der Waals surface area contributed by atoms with Crippen molar-refractivity contribution in [1.29, 1.82) is 0 Å². The van der Waals surface area contributed by atoms with Crippen molar-refractivity contribution in [3.8, 4) is 11.1 Å². The van der Waals surface area contributed by atoms with Gasteiger partial charge in [-0.05, 0) is 41.2 Å². The van der Waals surface area contributed by atoms with E-state index in [1.54, 1.807) is 19.2 Å². The van der Waals surface area contributed by atoms with Gasteiger partial charge in [0.1, 0.15) is 12.3 Å². The molecule has 7 nitrogen and oxygen atoms in total. The third kappa shape index (κ3) is 4.51. The molecule has 0 atom stereocenters. The van der Waals surface area contributed by atoms with Crippen LogP contribution in [-0.2, 0) is 4.74 Å². The van der Waals surface area contributed by atoms with Gasteiger partial charge in [0.2, 0.25) is 0 Å². The van der Waals surface area contributed by atoms with E-state index in [1.165, 1.54) is 28.3 Å². The molecule has 2 aromatic carbocycles. The predicted octanol–water partition coefficient (Wildman–Crippen LogP) is 5.24. The molecule has 1 aliphatic rings. The van der Waals surface area contributed by atoms with Crippen LogP contribution in [0.1, 0.15) is 34.7 Å². The fourth-order valence-electron chi connectivity index (χ4n) is 3.94. The maximum atomic E-state index is 12.2. The number of pyridine rings is 1. The summed E-state index contributed by atoms with van der Waals surface area (Å²) in [6.07, 6.45) is 5.26. The van der Waals surface area contributed by atoms with Gasteiger partial charge in [0.15, 0.2) is 0 Å². The van der Waals surface area contributed by atoms with Gasteiger partial charge in [0.25, 0.3) is 5.69 Å². The molecule has 1 aromatic heterocycles. The van der Waals surface area contributed by atoms with Gasteiger partial charge in [-0.15, -0.1) is 0 Å². The number of carbonyl (C=O) groups is 1. The van der Waals surface area contributed by atoms with E-state index in [0.29, 0.717) is 24.2 Å². The third-order valence-corrected chi connectivity index (χ3v) is 5.51. The number of nitro groups is 1. The van der Waals surface area contributed by atoms with Gasteiger partial charge < -0.3 is 10.1 Å². The van der Waals surface area contributed by atoms with Crippen LogP contribution in [0.15, 0.2) is 66.9 Å². The van der Waals surface area contributed by atoms with Crippen molar-refractivity contribution in [2.24, 2.45) is 0 Å². The molecule has 0 saturated carbocycles. The zero-order chi connectivity index (χ0) is 22.5. The first-order chi connectivity index (χ1) is 15.5. The number of rotatable bonds is 7. The maximum absolute atomic E-state index is 12.2. The second kappa shape index (κ2) is 9.43. The van der Waals surface area contributed by atoms with E-state index in [9.17, 15) is 14.9 Å². The Labute approximate surface area is 185 Å². The molecule has 3 aromatic rings. The number of nitrogens with zero attached hydrogens (tertiary/aromatic N) is 2. The molecule has 7 heteroatoms. The Morgan fingerprint density at radius 1 is 1.16 bits per heavy atom. The molecular weight excluding hydrogens is 406 g/mol. The Hall–Kier alpha value is -4.00. The van der Waals surface area contributed by atoms with E-state index >= 15 is 0 Å². The molecular formula is C25H23N3O4. The molecule has 1 heterocycles. The largest absolute Gasteiger partial charge is 0.449 e. The van der Waals surface area contributed by atoms with Crippen molar-refractivity contribution in [2.45, 2.75) is 19.3 Å². The first-order valence-corrected chi connectivity index (χ1v) is 10.4. The van der Waals surface area contributed by atoms with Gasteiger partial charge in [-0.25, -0.2) is 4.79 Å². The minimum atomic E-state index is -0.465. The molecule has 162 valence electrons. The van der Waals surface area contributed by atoms with Crippen LogP contribution in [0, 0.1) is 17.0 Å². The summed E-state index contributed by atoms with van der Waals surface area (Å²) in [5.74, 6) is 0.0258. The molecule has 4 rings (SSSR count). The van der Waals surface area contributed by atoms with Gasteiger partial charge in [0, 0.05) is 24.7 Å². The fourth-order valence-corrected chi connectivity index (χ4v) is 3.94. The van der Waals surface area contributed by atoms with Crippen molar-refractivity contribution in [1.82, 2.24) is 10.3 Å². The van der Waals surface area contributed by atoms with E-state index in [4.69, 9.17) is 4.74 Å². The monoisotopic (exact) mass is 429 g/mol. The predicted molar refractivity (Wildman–Crippen MR) is 122 cm³/mol. The summed E-state index contributed by atoms with van der Waals surface area (Å²) >= 11 is 0. The van der Waals surface area contributed by atoms with Crippen molar-refractivity contribution >= 4 is 17.9 Å². The summed E-state index contributed by atoms with van der Waals surface area (Å²) in [6.45, 7) is 2.27. The Bertz CT molecular complexity index is 1140. The van der Waals surface area contributed by atoms with Crippen molar-refractivity contribution in [3.63, 3.8) is 0 Å². The van der Waals surface area contributed by atoms with Crippen LogP contribution in [0.25, 0.3) is 17.2 Å². The van der Waals surface area contributed by atoms with E-state index in [2.05, 4.69) is 34.6 Å². The number of amides is 1. The van der Waals surface area contributed by atoms with Crippen molar-refractivity contribution < 1.29 is 14.5 Å². The van der Waals surface area contributed by atoms with Gasteiger partial charge in [0.05, 0.1) is 4.92 Å². The number of benzene rings is 2. The highest BCUT2D eigenvalue weighted by Crippen LogP contribution is 2.44. The second-order valence-corrected chi connectivity index (χ2v) is 7.57. The van der Waals surface area contributed by atoms with Gasteiger partial charge >= 0.3 is 6.09 Å². The summed E-state index contributed by atoms with van der Waals surface area (Å²) < 4.78 is 5.50. The molecule has 0 unspecified atom stereocenters. The van der Waals surface area contributed by atoms with E-state index in [1.807, 2.05) is 30.3 Å². The van der Waals surface area contributed by atoms with Crippen LogP contribution in [0.4, 0.5) is 10.5 Å². The maximum Gasteiger partial charge on any atom is 0.407 e. The summed E-state index contributed by atoms with van der Waals surface area (Å²) in [6, 6.07) is 17.9. The van der Waals surface area contributed by atoms with Crippen molar-refractivity contribution in [3.05, 3.63) is 99.4 Å². The number of alkyl carbamates (subject to hydrolysis) is 1. The van der Waals surface area contributed by atoms with Gasteiger partial charge in [-0.3, -0.25) is 15.1 Å². The Morgan fingerprint density at radius 2 is 1.81 bits per heavy atom. The average Bonchev–Trinajstić information content (AvgIpc) is 3.12. The number of aryl methyl sites for hydroxylation is 1. The first kappa shape index (κ1) is 21.2. The molecule has 32 heavy (non-hydrogen) atoms. The standard InChI is InChI=1S/C25H23N3O4/c1-17-24(28(30)31)14-18(15-27-17)8-6-7-13-26-25(29)32-16-23-21-11-4-2-9-19(21)20-10-3-5-12-22(20)23/h2-6,8-12,14-15,23H,7,13,16H2,1H3,(H,26,29). The van der Waals surface area contributed by atoms with Crippen LogP contribution in [-0.4, -0.2) is 29.2 Å². The number of ether oxygens (including phenoxy) is 1. The quantitative estimate of drug-likeness (QED) is 0.315. The highest BCUT2D eigenvalue weighted by Gasteiger charge is 2.28. The number of carbonyl (C=O) groups excluding carboxylic acids is 1. The van der Waals surface area contributed by atoms with Crippen molar-refractivity contribution in [2.75, 3.05) is 13.2 Å². The van der Waals surface area contributed by atoms with Gasteiger partial charge in [-0.1, -0.05) is 60.7 Å². The molecule has 0 aliphatic heterocycles. The summed E-state index contributed by atoms with van der Waals surface area (Å²) in [4.78, 5) is 26.8. The molecule has 0 bridgehead atoms. The van der Waals surface area contributed by atoms with E-state index in [0.717, 1.165) is 0 Å². The number of hydrogen-bond donors (Lipinski definition) is 1. The summed E-state index contributed by atoms with van der Waals surface area (Å²) in [7, 11) is 0. The lowest BCUT2D eigenvalue weighted by atomic mass is 9.98. The first-order valence-electron chi connectivity index (χ1n) is 10.4. The van der Waals surface area contributed by atoms with Crippen LogP contribution in [0.5, 0.6) is 0 Å². The molecule has 1 aliphatic carbocycles. The smallest absolute Gasteiger partial charge is 0.407 e. The second-order valence-electron chi connectivity index (χ2n) is 7.57. The zero-order valence-corrected chi connectivity index (χ0v) is 17.7. The lowest BCUT2D eigenvalue weighted by Gasteiger charge is -2.14. The Morgan fingerprint density at radius 3 is 2.47 bits per heavy atom. The van der Waals surface area contributed by atoms with E-state index < -0.39 is 11.0 Å². The van der Waals surface area contributed by atoms with Gasteiger partial charge in [-0.2, -0.15) is 0 Å². The zero-order valence-electron chi connectivity index (χ0n) is 17.7. The molecule has 0 saturated heterocycles. The lowest BCUT2D eigenvalue weighted by Crippen LogP contribution is -2.26. The number of aromatic nitrogens is 1. The third-order valence-electron chi connectivity index (χ3n) is 5.51. The molecule has 0 spiro atoms. The summed E-state index contributed by atoms with van der Waals surface area (Å²) in [5, 5.41) is 13.7. The lowest BCUT2D eigenvalue weighted by molar-refractivity contribution is -0.385. The van der Waals surface area contributed by atoms with Crippen LogP contribution in [0.3, 0.4) is 0 Å². The van der Waals surface area contributed by atoms with Crippen LogP contribution in [0.2, 0.25) is 0 Å². The molecule has 1 N–H and O–H groups in total. The molecule has 0 fully saturated rings. The Balaban J connectivity index is 1.27. The highest BCUT2D eigenvalue weighted by atomic mass is 16.6. The Kier molecular flexibility index (Phi) is 6.26. The number of nitrogens with one attached hydrogen (secondary N) is 1. The fraction of sp³-hybridized carbons (Fsp3) is 0.200. The molecule has 0 radical (unpaired) electrons. The average molecular weight is 429 g/mol. The normalized spacial score (nSPS) is 12.4. The minimum absolute atomic E-state index is 0.0103. The van der Waals surface area contributed by atoms with E-state index in [-0.39, 0.29) is 18.2 Å². The summed E-state index contributed by atoms with van der Waals surface area (Å²) in [5.41, 5.74) is 5.73. The topological polar surface area (TPSA) is 94.4 Å². The minimum Gasteiger partial charge on any atom is -0.449 e. The SMILES string of the molecule is Cc1ncc(C=CCCNC(=O)OCC2c3ccccc3-c3ccccc32)cc1[N+](=O)[O-]. The van der Waals surface area contributed by atoms with Crippen LogP contribution >= 0.6 is 0 Å². The molecule has 1 amide bonds.